The molecule has 0 bridgehead atoms. The SMILES string of the molecule is CN(CCc1ncccn1)c1ccc([N+](=O)[O-])cc1S(C)(=O)=O. The predicted octanol–water partition coefficient (Wildman–Crippen LogP) is 1.47. The van der Waals surface area contributed by atoms with E-state index in [0.29, 0.717) is 24.5 Å². The number of benzene rings is 1. The van der Waals surface area contributed by atoms with E-state index in [9.17, 15) is 18.5 Å². The number of sulfone groups is 1. The van der Waals surface area contributed by atoms with E-state index in [4.69, 9.17) is 0 Å². The van der Waals surface area contributed by atoms with Gasteiger partial charge in [-0.1, -0.05) is 0 Å². The Balaban J connectivity index is 2.29. The molecular weight excluding hydrogens is 320 g/mol. The van der Waals surface area contributed by atoms with E-state index in [0.717, 1.165) is 12.3 Å². The molecule has 0 aliphatic rings. The van der Waals surface area contributed by atoms with Crippen LogP contribution in [0.4, 0.5) is 11.4 Å². The number of anilines is 1. The topological polar surface area (TPSA) is 106 Å². The van der Waals surface area contributed by atoms with Gasteiger partial charge in [0.05, 0.1) is 15.5 Å². The van der Waals surface area contributed by atoms with Crippen molar-refractivity contribution in [2.45, 2.75) is 11.3 Å². The van der Waals surface area contributed by atoms with Gasteiger partial charge in [0.1, 0.15) is 5.82 Å². The molecule has 122 valence electrons. The lowest BCUT2D eigenvalue weighted by Crippen LogP contribution is -2.23. The molecule has 1 aromatic heterocycles. The van der Waals surface area contributed by atoms with Crippen LogP contribution in [0.15, 0.2) is 41.6 Å². The second-order valence-corrected chi connectivity index (χ2v) is 7.00. The Hall–Kier alpha value is -2.55. The van der Waals surface area contributed by atoms with Crippen molar-refractivity contribution in [2.24, 2.45) is 0 Å². The van der Waals surface area contributed by atoms with E-state index in [1.54, 1.807) is 30.4 Å². The van der Waals surface area contributed by atoms with Gasteiger partial charge < -0.3 is 4.90 Å². The predicted molar refractivity (Wildman–Crippen MR) is 85.2 cm³/mol. The Labute approximate surface area is 133 Å². The molecule has 1 heterocycles. The van der Waals surface area contributed by atoms with Crippen LogP contribution in [0.5, 0.6) is 0 Å². The first kappa shape index (κ1) is 16.8. The molecule has 23 heavy (non-hydrogen) atoms. The van der Waals surface area contributed by atoms with Crippen LogP contribution in [0.2, 0.25) is 0 Å². The maximum absolute atomic E-state index is 11.9. The molecule has 0 spiro atoms. The second-order valence-electron chi connectivity index (χ2n) is 5.02. The first-order valence-electron chi connectivity index (χ1n) is 6.74. The fraction of sp³-hybridized carbons (Fsp3) is 0.286. The summed E-state index contributed by atoms with van der Waals surface area (Å²) in [5.41, 5.74) is 0.156. The number of nitro groups is 1. The summed E-state index contributed by atoms with van der Waals surface area (Å²) in [6.45, 7) is 0.477. The van der Waals surface area contributed by atoms with Crippen LogP contribution < -0.4 is 4.90 Å². The molecule has 0 aliphatic carbocycles. The molecule has 0 saturated heterocycles. The summed E-state index contributed by atoms with van der Waals surface area (Å²) in [5, 5.41) is 10.9. The first-order valence-corrected chi connectivity index (χ1v) is 8.63. The van der Waals surface area contributed by atoms with E-state index < -0.39 is 14.8 Å². The highest BCUT2D eigenvalue weighted by Gasteiger charge is 2.20. The summed E-state index contributed by atoms with van der Waals surface area (Å²) in [6, 6.07) is 5.53. The minimum atomic E-state index is -3.59. The van der Waals surface area contributed by atoms with Gasteiger partial charge >= 0.3 is 0 Å². The number of likely N-dealkylation sites (N-methyl/N-ethyl adjacent to an activating group) is 1. The Kier molecular flexibility index (Phi) is 4.89. The van der Waals surface area contributed by atoms with E-state index in [2.05, 4.69) is 9.97 Å². The molecule has 1 aromatic carbocycles. The zero-order chi connectivity index (χ0) is 17.0. The second kappa shape index (κ2) is 6.69. The van der Waals surface area contributed by atoms with Gasteiger partial charge in [-0.25, -0.2) is 18.4 Å². The van der Waals surface area contributed by atoms with Crippen LogP contribution in [-0.2, 0) is 16.3 Å². The van der Waals surface area contributed by atoms with Crippen LogP contribution >= 0.6 is 0 Å². The third-order valence-corrected chi connectivity index (χ3v) is 4.38. The first-order chi connectivity index (χ1) is 10.8. The number of nitro benzene ring substituents is 1. The van der Waals surface area contributed by atoms with Crippen LogP contribution in [-0.4, -0.2) is 43.2 Å². The Bertz CT molecular complexity index is 809. The summed E-state index contributed by atoms with van der Waals surface area (Å²) in [4.78, 5) is 20.1. The summed E-state index contributed by atoms with van der Waals surface area (Å²) < 4.78 is 23.9. The van der Waals surface area contributed by atoms with E-state index >= 15 is 0 Å². The molecule has 0 atom stereocenters. The molecule has 0 unspecified atom stereocenters. The molecule has 8 nitrogen and oxygen atoms in total. The molecule has 0 aliphatic heterocycles. The summed E-state index contributed by atoms with van der Waals surface area (Å²) in [6.07, 6.45) is 4.83. The average Bonchev–Trinajstić information content (AvgIpc) is 2.52. The molecule has 0 fully saturated rings. The molecular formula is C14H16N4O4S. The largest absolute Gasteiger partial charge is 0.373 e. The Morgan fingerprint density at radius 1 is 1.26 bits per heavy atom. The van der Waals surface area contributed by atoms with Gasteiger partial charge in [-0.3, -0.25) is 10.1 Å². The van der Waals surface area contributed by atoms with Gasteiger partial charge in [-0.2, -0.15) is 0 Å². The third kappa shape index (κ3) is 4.22. The lowest BCUT2D eigenvalue weighted by Gasteiger charge is -2.21. The highest BCUT2D eigenvalue weighted by molar-refractivity contribution is 7.90. The Morgan fingerprint density at radius 2 is 1.91 bits per heavy atom. The number of rotatable bonds is 6. The number of non-ortho nitro benzene ring substituents is 1. The third-order valence-electron chi connectivity index (χ3n) is 3.25. The van der Waals surface area contributed by atoms with Crippen LogP contribution in [0, 0.1) is 10.1 Å². The standard InChI is InChI=1S/C14H16N4O4S/c1-17(9-6-14-15-7-3-8-16-14)12-5-4-11(18(19)20)10-13(12)23(2,21)22/h3-5,7-8,10H,6,9H2,1-2H3. The Morgan fingerprint density at radius 3 is 2.48 bits per heavy atom. The van der Waals surface area contributed by atoms with E-state index in [-0.39, 0.29) is 10.6 Å². The molecule has 0 saturated carbocycles. The van der Waals surface area contributed by atoms with Crippen molar-refractivity contribution in [3.8, 4) is 0 Å². The number of hydrogen-bond donors (Lipinski definition) is 0. The monoisotopic (exact) mass is 336 g/mol. The van der Waals surface area contributed by atoms with Crippen molar-refractivity contribution < 1.29 is 13.3 Å². The van der Waals surface area contributed by atoms with Crippen molar-refractivity contribution in [1.29, 1.82) is 0 Å². The molecule has 9 heteroatoms. The van der Waals surface area contributed by atoms with Gasteiger partial charge in [-0.15, -0.1) is 0 Å². The molecule has 2 rings (SSSR count). The highest BCUT2D eigenvalue weighted by Crippen LogP contribution is 2.28. The lowest BCUT2D eigenvalue weighted by atomic mass is 10.2. The number of nitrogens with zero attached hydrogens (tertiary/aromatic N) is 4. The number of aromatic nitrogens is 2. The summed E-state index contributed by atoms with van der Waals surface area (Å²) >= 11 is 0. The maximum atomic E-state index is 11.9. The van der Waals surface area contributed by atoms with Crippen molar-refractivity contribution >= 4 is 21.2 Å². The fourth-order valence-corrected chi connectivity index (χ4v) is 3.01. The van der Waals surface area contributed by atoms with Crippen molar-refractivity contribution in [3.63, 3.8) is 0 Å². The minimum absolute atomic E-state index is 0.0665. The van der Waals surface area contributed by atoms with Crippen molar-refractivity contribution in [3.05, 3.63) is 52.6 Å². The number of hydrogen-bond acceptors (Lipinski definition) is 7. The lowest BCUT2D eigenvalue weighted by molar-refractivity contribution is -0.385. The van der Waals surface area contributed by atoms with Crippen LogP contribution in [0.3, 0.4) is 0 Å². The van der Waals surface area contributed by atoms with Crippen molar-refractivity contribution in [1.82, 2.24) is 9.97 Å². The minimum Gasteiger partial charge on any atom is -0.373 e. The van der Waals surface area contributed by atoms with Gasteiger partial charge in [0.2, 0.25) is 0 Å². The van der Waals surface area contributed by atoms with E-state index in [1.807, 2.05) is 0 Å². The van der Waals surface area contributed by atoms with Gasteiger partial charge in [0.15, 0.2) is 9.84 Å². The molecule has 0 radical (unpaired) electrons. The maximum Gasteiger partial charge on any atom is 0.270 e. The molecule has 2 aromatic rings. The summed E-state index contributed by atoms with van der Waals surface area (Å²) in [5.74, 6) is 0.641. The molecule has 0 N–H and O–H groups in total. The van der Waals surface area contributed by atoms with Gasteiger partial charge in [-0.05, 0) is 12.1 Å². The molecule has 0 amide bonds. The zero-order valence-electron chi connectivity index (χ0n) is 12.7. The quantitative estimate of drug-likeness (QED) is 0.580. The van der Waals surface area contributed by atoms with E-state index in [1.165, 1.54) is 12.1 Å². The average molecular weight is 336 g/mol. The summed E-state index contributed by atoms with van der Waals surface area (Å²) in [7, 11) is -1.87. The zero-order valence-corrected chi connectivity index (χ0v) is 13.5. The van der Waals surface area contributed by atoms with Crippen LogP contribution in [0.1, 0.15) is 5.82 Å². The van der Waals surface area contributed by atoms with Gasteiger partial charge in [0.25, 0.3) is 5.69 Å². The van der Waals surface area contributed by atoms with Crippen LogP contribution in [0.25, 0.3) is 0 Å². The highest BCUT2D eigenvalue weighted by atomic mass is 32.2. The van der Waals surface area contributed by atoms with Crippen molar-refractivity contribution in [2.75, 3.05) is 24.7 Å². The normalized spacial score (nSPS) is 11.2. The smallest absolute Gasteiger partial charge is 0.270 e. The van der Waals surface area contributed by atoms with Gasteiger partial charge in [0, 0.05) is 50.8 Å². The fourth-order valence-electron chi connectivity index (χ4n) is 2.08.